The second-order valence-corrected chi connectivity index (χ2v) is 12.8. The first-order valence-corrected chi connectivity index (χ1v) is 16.5. The number of amides is 1. The molecular formula is C30H41N5O9S. The van der Waals surface area contributed by atoms with E-state index in [2.05, 4.69) is 15.6 Å². The molecule has 0 unspecified atom stereocenters. The largest absolute Gasteiger partial charge is 0.497 e. The maximum atomic E-state index is 13.3. The highest BCUT2D eigenvalue weighted by molar-refractivity contribution is 7.89. The van der Waals surface area contributed by atoms with Gasteiger partial charge in [0.05, 0.1) is 30.1 Å². The number of aromatic nitrogens is 1. The number of ether oxygens (including phenoxy) is 3. The Balaban J connectivity index is 1.34. The van der Waals surface area contributed by atoms with Gasteiger partial charge in [-0.1, -0.05) is 19.3 Å². The molecule has 1 aliphatic heterocycles. The summed E-state index contributed by atoms with van der Waals surface area (Å²) in [4.78, 5) is 27.4. The fourth-order valence-electron chi connectivity index (χ4n) is 5.53. The molecule has 14 nitrogen and oxygen atoms in total. The minimum Gasteiger partial charge on any atom is -0.497 e. The number of sulfonamides is 1. The normalized spacial score (nSPS) is 19.0. The molecule has 45 heavy (non-hydrogen) atoms. The number of nitrogens with zero attached hydrogens (tertiary/aromatic N) is 3. The first-order valence-electron chi connectivity index (χ1n) is 15.1. The molecule has 1 saturated carbocycles. The number of allylic oxidation sites excluding steroid dienone is 1. The number of anilines is 1. The minimum absolute atomic E-state index is 0.00149. The zero-order chi connectivity index (χ0) is 32.2. The second kappa shape index (κ2) is 16.5. The van der Waals surface area contributed by atoms with E-state index < -0.39 is 27.1 Å². The third-order valence-corrected chi connectivity index (χ3v) is 9.85. The Bertz CT molecular complexity index is 1400. The molecule has 15 heteroatoms. The molecule has 1 aromatic carbocycles. The van der Waals surface area contributed by atoms with Crippen LogP contribution in [0.15, 0.2) is 59.3 Å². The van der Waals surface area contributed by atoms with Gasteiger partial charge in [-0.3, -0.25) is 14.9 Å². The van der Waals surface area contributed by atoms with Crippen molar-refractivity contribution in [3.8, 4) is 5.75 Å². The number of nitro groups is 1. The number of methoxy groups -OCH3 is 1. The number of rotatable bonds is 16. The van der Waals surface area contributed by atoms with Crippen LogP contribution in [-0.2, 0) is 24.3 Å². The molecule has 246 valence electrons. The van der Waals surface area contributed by atoms with Gasteiger partial charge in [0.2, 0.25) is 16.3 Å². The van der Waals surface area contributed by atoms with Gasteiger partial charge >= 0.3 is 0 Å². The van der Waals surface area contributed by atoms with Crippen LogP contribution in [0.1, 0.15) is 38.5 Å². The summed E-state index contributed by atoms with van der Waals surface area (Å²) in [5.74, 6) is 1.20. The number of benzene rings is 1. The van der Waals surface area contributed by atoms with Gasteiger partial charge in [-0.15, -0.1) is 0 Å². The van der Waals surface area contributed by atoms with E-state index in [0.717, 1.165) is 36.2 Å². The maximum absolute atomic E-state index is 13.3. The molecule has 1 aliphatic carbocycles. The number of pyridine rings is 1. The fourth-order valence-corrected chi connectivity index (χ4v) is 6.95. The van der Waals surface area contributed by atoms with Crippen molar-refractivity contribution in [1.82, 2.24) is 14.6 Å². The lowest BCUT2D eigenvalue weighted by Crippen LogP contribution is -2.39. The predicted molar refractivity (Wildman–Crippen MR) is 165 cm³/mol. The van der Waals surface area contributed by atoms with Crippen molar-refractivity contribution in [2.24, 2.45) is 11.8 Å². The van der Waals surface area contributed by atoms with Crippen LogP contribution in [-0.4, -0.2) is 86.4 Å². The molecule has 0 radical (unpaired) electrons. The van der Waals surface area contributed by atoms with Crippen LogP contribution in [0.5, 0.6) is 5.75 Å². The Morgan fingerprint density at radius 1 is 1.13 bits per heavy atom. The summed E-state index contributed by atoms with van der Waals surface area (Å²) in [7, 11) is -2.41. The number of carbonyl (C=O) groups excluding carboxylic acids is 1. The van der Waals surface area contributed by atoms with E-state index in [1.54, 1.807) is 12.1 Å². The zero-order valence-electron chi connectivity index (χ0n) is 25.3. The van der Waals surface area contributed by atoms with Crippen molar-refractivity contribution in [2.45, 2.75) is 49.7 Å². The Morgan fingerprint density at radius 3 is 2.53 bits per heavy atom. The van der Waals surface area contributed by atoms with Gasteiger partial charge < -0.3 is 30.0 Å². The Morgan fingerprint density at radius 2 is 1.89 bits per heavy atom. The summed E-state index contributed by atoms with van der Waals surface area (Å²) in [6.45, 7) is 0.0947. The Kier molecular flexibility index (Phi) is 12.5. The molecule has 2 atom stereocenters. The summed E-state index contributed by atoms with van der Waals surface area (Å²) >= 11 is 0. The number of nitrogens with one attached hydrogen (secondary N) is 2. The third kappa shape index (κ3) is 9.60. The number of hydrogen-bond donors (Lipinski definition) is 3. The molecular weight excluding hydrogens is 606 g/mol. The summed E-state index contributed by atoms with van der Waals surface area (Å²) in [5.41, 5.74) is -0.112. The highest BCUT2D eigenvalue weighted by Crippen LogP contribution is 2.37. The standard InChI is InChI=1S/C30H41N5O9S/c1-42-25-8-10-26(11-9-25)45(40,41)34(15-17-36)16-18-43-29-20-23(22-5-3-2-4-6-22)19-27(44-29)30(37)32-14-13-31-28-12-7-24(21-33-28)35(38)39/h7-12,19,21-23,29,36H,2-6,13-18,20H2,1H3,(H,31,33)(H,32,37)/t23-,29+/m1/s1. The minimum atomic E-state index is -3.90. The highest BCUT2D eigenvalue weighted by Gasteiger charge is 2.33. The predicted octanol–water partition coefficient (Wildman–Crippen LogP) is 3.05. The van der Waals surface area contributed by atoms with Crippen LogP contribution in [0, 0.1) is 22.0 Å². The van der Waals surface area contributed by atoms with Gasteiger partial charge in [0.25, 0.3) is 11.6 Å². The SMILES string of the molecule is COc1ccc(S(=O)(=O)N(CCO)CCO[C@@H]2C[C@H](C3CCCCC3)C=C(C(=O)NCCNc3ccc([N+](=O)[O-])cn3)O2)cc1. The van der Waals surface area contributed by atoms with Gasteiger partial charge in [0, 0.05) is 38.7 Å². The number of carbonyl (C=O) groups is 1. The van der Waals surface area contributed by atoms with Crippen molar-refractivity contribution < 1.29 is 37.5 Å². The van der Waals surface area contributed by atoms with E-state index in [4.69, 9.17) is 14.2 Å². The molecule has 3 N–H and O–H groups in total. The summed E-state index contributed by atoms with van der Waals surface area (Å²) < 4.78 is 44.8. The van der Waals surface area contributed by atoms with Crippen LogP contribution in [0.25, 0.3) is 0 Å². The zero-order valence-corrected chi connectivity index (χ0v) is 26.1. The molecule has 0 saturated heterocycles. The van der Waals surface area contributed by atoms with E-state index in [1.165, 1.54) is 37.8 Å². The van der Waals surface area contributed by atoms with Crippen molar-refractivity contribution in [2.75, 3.05) is 51.8 Å². The van der Waals surface area contributed by atoms with Crippen LogP contribution < -0.4 is 15.4 Å². The van der Waals surface area contributed by atoms with E-state index >= 15 is 0 Å². The third-order valence-electron chi connectivity index (χ3n) is 7.93. The van der Waals surface area contributed by atoms with Crippen molar-refractivity contribution >= 4 is 27.4 Å². The highest BCUT2D eigenvalue weighted by atomic mass is 32.2. The topological polar surface area (TPSA) is 182 Å². The van der Waals surface area contributed by atoms with Gasteiger partial charge in [-0.2, -0.15) is 4.31 Å². The molecule has 0 bridgehead atoms. The van der Waals surface area contributed by atoms with Crippen LogP contribution in [0.4, 0.5) is 11.5 Å². The van der Waals surface area contributed by atoms with E-state index in [1.807, 2.05) is 6.08 Å². The smallest absolute Gasteiger partial charge is 0.287 e. The first kappa shape index (κ1) is 34.1. The van der Waals surface area contributed by atoms with Gasteiger partial charge in [-0.25, -0.2) is 13.4 Å². The lowest BCUT2D eigenvalue weighted by molar-refractivity contribution is -0.385. The monoisotopic (exact) mass is 647 g/mol. The molecule has 1 fully saturated rings. The molecule has 2 aromatic rings. The molecule has 2 heterocycles. The van der Waals surface area contributed by atoms with Crippen molar-refractivity contribution in [1.29, 1.82) is 0 Å². The number of aliphatic hydroxyl groups is 1. The van der Waals surface area contributed by atoms with Gasteiger partial charge in [0.15, 0.2) is 5.76 Å². The van der Waals surface area contributed by atoms with Crippen LogP contribution in [0.2, 0.25) is 0 Å². The van der Waals surface area contributed by atoms with E-state index in [0.29, 0.717) is 30.5 Å². The van der Waals surface area contributed by atoms with Crippen molar-refractivity contribution in [3.05, 3.63) is 64.5 Å². The lowest BCUT2D eigenvalue weighted by Gasteiger charge is -2.35. The average molecular weight is 648 g/mol. The number of aliphatic hydroxyl groups excluding tert-OH is 1. The van der Waals surface area contributed by atoms with Crippen molar-refractivity contribution in [3.63, 3.8) is 0 Å². The van der Waals surface area contributed by atoms with E-state index in [9.17, 15) is 28.4 Å². The Hall–Kier alpha value is -3.79. The van der Waals surface area contributed by atoms with E-state index in [-0.39, 0.29) is 55.1 Å². The molecule has 1 amide bonds. The fraction of sp³-hybridized carbons (Fsp3) is 0.533. The van der Waals surface area contributed by atoms with Crippen LogP contribution >= 0.6 is 0 Å². The van der Waals surface area contributed by atoms with Crippen LogP contribution in [0.3, 0.4) is 0 Å². The summed E-state index contributed by atoms with van der Waals surface area (Å²) in [6, 6.07) is 8.86. The molecule has 4 rings (SSSR count). The first-order chi connectivity index (χ1) is 21.7. The molecule has 0 spiro atoms. The average Bonchev–Trinajstić information content (AvgIpc) is 3.06. The quantitative estimate of drug-likeness (QED) is 0.138. The summed E-state index contributed by atoms with van der Waals surface area (Å²) in [5, 5.41) is 26.2. The molecule has 1 aromatic heterocycles. The molecule has 2 aliphatic rings. The van der Waals surface area contributed by atoms with Gasteiger partial charge in [-0.05, 0) is 61.1 Å². The lowest BCUT2D eigenvalue weighted by atomic mass is 9.77. The maximum Gasteiger partial charge on any atom is 0.287 e. The number of hydrogen-bond acceptors (Lipinski definition) is 11. The summed E-state index contributed by atoms with van der Waals surface area (Å²) in [6.07, 6.45) is 8.39. The van der Waals surface area contributed by atoms with Gasteiger partial charge in [0.1, 0.15) is 17.8 Å². The Labute approximate surface area is 263 Å². The second-order valence-electron chi connectivity index (χ2n) is 10.9.